The zero-order chi connectivity index (χ0) is 14.8. The van der Waals surface area contributed by atoms with Gasteiger partial charge in [-0.15, -0.1) is 0 Å². The number of nitrogens with one attached hydrogen (secondary N) is 1. The molecule has 0 spiro atoms. The van der Waals surface area contributed by atoms with Crippen molar-refractivity contribution in [2.24, 2.45) is 0 Å². The van der Waals surface area contributed by atoms with Crippen molar-refractivity contribution in [3.8, 4) is 0 Å². The highest BCUT2D eigenvalue weighted by molar-refractivity contribution is 5.72. The van der Waals surface area contributed by atoms with Crippen LogP contribution in [0.4, 0.5) is 22.0 Å². The largest absolute Gasteiger partial charge is 0.469 e. The summed E-state index contributed by atoms with van der Waals surface area (Å²) in [4.78, 5) is 23.7. The van der Waals surface area contributed by atoms with Crippen LogP contribution in [0, 0.1) is 0 Å². The average molecular weight is 285 g/mol. The molecule has 1 aromatic rings. The number of alkyl halides is 5. The number of rotatable bonds is 3. The minimum absolute atomic E-state index is 0.161. The molecule has 0 saturated carbocycles. The summed E-state index contributed by atoms with van der Waals surface area (Å²) in [6, 6.07) is 0.161. The molecule has 1 aromatic heterocycles. The smallest absolute Gasteiger partial charge is 0.418 e. The molecule has 0 radical (unpaired) electrons. The molecular weight excluding hydrogens is 277 g/mol. The van der Waals surface area contributed by atoms with Gasteiger partial charge in [-0.1, -0.05) is 0 Å². The van der Waals surface area contributed by atoms with Crippen LogP contribution >= 0.6 is 0 Å². The number of ether oxygens (including phenoxy) is 1. The Balaban J connectivity index is 3.51. The van der Waals surface area contributed by atoms with Crippen molar-refractivity contribution in [3.05, 3.63) is 33.2 Å². The van der Waals surface area contributed by atoms with Crippen LogP contribution in [0.2, 0.25) is 0 Å². The molecule has 0 aliphatic rings. The number of esters is 1. The van der Waals surface area contributed by atoms with Crippen molar-refractivity contribution in [1.82, 2.24) is 4.98 Å². The third kappa shape index (κ3) is 3.52. The van der Waals surface area contributed by atoms with Gasteiger partial charge in [0, 0.05) is 17.3 Å². The van der Waals surface area contributed by atoms with E-state index in [0.29, 0.717) is 0 Å². The fraction of sp³-hybridized carbons (Fsp3) is 0.400. The van der Waals surface area contributed by atoms with E-state index in [1.807, 2.05) is 0 Å². The molecule has 0 fully saturated rings. The topological polar surface area (TPSA) is 59.2 Å². The van der Waals surface area contributed by atoms with Crippen LogP contribution in [0.3, 0.4) is 0 Å². The van der Waals surface area contributed by atoms with E-state index in [0.717, 1.165) is 7.11 Å². The van der Waals surface area contributed by atoms with Crippen LogP contribution in [0.5, 0.6) is 0 Å². The molecule has 0 saturated heterocycles. The molecular formula is C10H8F5NO3. The molecule has 0 aromatic carbocycles. The lowest BCUT2D eigenvalue weighted by Gasteiger charge is -2.16. The Hall–Kier alpha value is -1.93. The number of aromatic amines is 1. The van der Waals surface area contributed by atoms with Gasteiger partial charge in [0.25, 0.3) is 6.43 Å². The summed E-state index contributed by atoms with van der Waals surface area (Å²) < 4.78 is 67.5. The van der Waals surface area contributed by atoms with Crippen molar-refractivity contribution in [3.63, 3.8) is 0 Å². The Labute approximate surface area is 103 Å². The summed E-state index contributed by atoms with van der Waals surface area (Å²) in [5.74, 6) is -1.09. The highest BCUT2D eigenvalue weighted by Gasteiger charge is 2.39. The molecule has 0 unspecified atom stereocenters. The maximum absolute atomic E-state index is 12.7. The van der Waals surface area contributed by atoms with Gasteiger partial charge in [-0.2, -0.15) is 13.2 Å². The van der Waals surface area contributed by atoms with Gasteiger partial charge in [0.1, 0.15) is 0 Å². The van der Waals surface area contributed by atoms with Crippen molar-refractivity contribution in [2.45, 2.75) is 19.0 Å². The Morgan fingerprint density at radius 1 is 1.42 bits per heavy atom. The minimum atomic E-state index is -5.13. The van der Waals surface area contributed by atoms with E-state index in [4.69, 9.17) is 0 Å². The Bertz CT molecular complexity index is 535. The predicted octanol–water partition coefficient (Wildman–Crippen LogP) is 2.05. The second kappa shape index (κ2) is 5.37. The normalized spacial score (nSPS) is 11.7. The zero-order valence-electron chi connectivity index (χ0n) is 9.48. The van der Waals surface area contributed by atoms with Gasteiger partial charge in [-0.05, 0) is 0 Å². The number of H-pyrrole nitrogens is 1. The summed E-state index contributed by atoms with van der Waals surface area (Å²) >= 11 is 0. The van der Waals surface area contributed by atoms with E-state index in [9.17, 15) is 31.5 Å². The molecule has 0 bridgehead atoms. The molecule has 4 nitrogen and oxygen atoms in total. The molecule has 0 amide bonds. The number of hydrogen-bond donors (Lipinski definition) is 1. The van der Waals surface area contributed by atoms with E-state index < -0.39 is 47.4 Å². The first kappa shape index (κ1) is 15.1. The third-order valence-corrected chi connectivity index (χ3v) is 2.22. The molecule has 1 N–H and O–H groups in total. The second-order valence-corrected chi connectivity index (χ2v) is 3.49. The first-order valence-corrected chi connectivity index (χ1v) is 4.85. The SMILES string of the molecule is COC(=O)Cc1[nH]c(=O)cc(C(F)F)c1C(F)(F)F. The van der Waals surface area contributed by atoms with E-state index >= 15 is 0 Å². The van der Waals surface area contributed by atoms with Crippen molar-refractivity contribution in [1.29, 1.82) is 0 Å². The average Bonchev–Trinajstić information content (AvgIpc) is 2.25. The number of pyridine rings is 1. The van der Waals surface area contributed by atoms with Crippen LogP contribution in [0.25, 0.3) is 0 Å². The standard InChI is InChI=1S/C10H8F5NO3/c1-19-7(18)3-5-8(10(13,14)15)4(9(11)12)2-6(17)16-5/h2,9H,3H2,1H3,(H,16,17). The maximum atomic E-state index is 12.7. The van der Waals surface area contributed by atoms with Gasteiger partial charge in [-0.25, -0.2) is 8.78 Å². The van der Waals surface area contributed by atoms with Gasteiger partial charge >= 0.3 is 12.1 Å². The number of halogens is 5. The summed E-state index contributed by atoms with van der Waals surface area (Å²) in [7, 11) is 0.921. The predicted molar refractivity (Wildman–Crippen MR) is 52.7 cm³/mol. The third-order valence-electron chi connectivity index (χ3n) is 2.22. The molecule has 0 aliphatic carbocycles. The molecule has 1 rings (SSSR count). The van der Waals surface area contributed by atoms with Gasteiger partial charge < -0.3 is 9.72 Å². The number of carbonyl (C=O) groups excluding carboxylic acids is 1. The molecule has 0 aliphatic heterocycles. The summed E-state index contributed by atoms with van der Waals surface area (Å²) in [5.41, 5.74) is -5.27. The second-order valence-electron chi connectivity index (χ2n) is 3.49. The first-order valence-electron chi connectivity index (χ1n) is 4.85. The fourth-order valence-corrected chi connectivity index (χ4v) is 1.49. The molecule has 9 heteroatoms. The lowest BCUT2D eigenvalue weighted by atomic mass is 10.0. The molecule has 0 atom stereocenters. The first-order chi connectivity index (χ1) is 8.66. The van der Waals surface area contributed by atoms with Gasteiger partial charge in [0.2, 0.25) is 5.56 Å². The van der Waals surface area contributed by atoms with E-state index in [-0.39, 0.29) is 6.07 Å². The van der Waals surface area contributed by atoms with Crippen LogP contribution in [0.1, 0.15) is 23.2 Å². The number of carbonyl (C=O) groups is 1. The van der Waals surface area contributed by atoms with E-state index in [1.54, 1.807) is 4.98 Å². The lowest BCUT2D eigenvalue weighted by molar-refractivity contribution is -0.142. The zero-order valence-corrected chi connectivity index (χ0v) is 9.48. The minimum Gasteiger partial charge on any atom is -0.469 e. The highest BCUT2D eigenvalue weighted by Crippen LogP contribution is 2.37. The number of aromatic nitrogens is 1. The van der Waals surface area contributed by atoms with Crippen molar-refractivity contribution in [2.75, 3.05) is 7.11 Å². The highest BCUT2D eigenvalue weighted by atomic mass is 19.4. The molecule has 19 heavy (non-hydrogen) atoms. The number of hydrogen-bond acceptors (Lipinski definition) is 3. The van der Waals surface area contributed by atoms with Gasteiger partial charge in [-0.3, -0.25) is 9.59 Å². The summed E-state index contributed by atoms with van der Waals surface area (Å²) in [6.45, 7) is 0. The van der Waals surface area contributed by atoms with Gasteiger partial charge in [0.05, 0.1) is 19.1 Å². The summed E-state index contributed by atoms with van der Waals surface area (Å²) in [6.07, 6.45) is -9.57. The van der Waals surface area contributed by atoms with Crippen LogP contribution < -0.4 is 5.56 Å². The quantitative estimate of drug-likeness (QED) is 0.683. The number of methoxy groups -OCH3 is 1. The Morgan fingerprint density at radius 3 is 2.42 bits per heavy atom. The summed E-state index contributed by atoms with van der Waals surface area (Å²) in [5, 5.41) is 0. The fourth-order valence-electron chi connectivity index (χ4n) is 1.49. The van der Waals surface area contributed by atoms with E-state index in [2.05, 4.69) is 4.74 Å². The van der Waals surface area contributed by atoms with Crippen molar-refractivity contribution < 1.29 is 31.5 Å². The lowest BCUT2D eigenvalue weighted by Crippen LogP contribution is -2.23. The van der Waals surface area contributed by atoms with E-state index in [1.165, 1.54) is 0 Å². The van der Waals surface area contributed by atoms with Crippen LogP contribution in [-0.2, 0) is 22.1 Å². The molecule has 1 heterocycles. The Kier molecular flexibility index (Phi) is 4.28. The monoisotopic (exact) mass is 285 g/mol. The van der Waals surface area contributed by atoms with Gasteiger partial charge in [0.15, 0.2) is 0 Å². The Morgan fingerprint density at radius 2 is 2.00 bits per heavy atom. The molecule has 106 valence electrons. The van der Waals surface area contributed by atoms with Crippen molar-refractivity contribution >= 4 is 5.97 Å². The van der Waals surface area contributed by atoms with Crippen LogP contribution in [-0.4, -0.2) is 18.1 Å². The van der Waals surface area contributed by atoms with Crippen LogP contribution in [0.15, 0.2) is 10.9 Å². The maximum Gasteiger partial charge on any atom is 0.418 e.